The Kier molecular flexibility index (Phi) is 16.9. The Morgan fingerprint density at radius 3 is 2.48 bits per heavy atom. The maximum absolute atomic E-state index is 14.1. The lowest BCUT2D eigenvalue weighted by Gasteiger charge is -2.29. The minimum Gasteiger partial charge on any atom is -0.494 e. The van der Waals surface area contributed by atoms with E-state index in [0.29, 0.717) is 55.8 Å². The summed E-state index contributed by atoms with van der Waals surface area (Å²) in [5, 5.41) is 15.2. The number of benzene rings is 1. The van der Waals surface area contributed by atoms with Crippen molar-refractivity contribution in [2.75, 3.05) is 25.1 Å². The zero-order chi connectivity index (χ0) is 38.0. The summed E-state index contributed by atoms with van der Waals surface area (Å²) in [4.78, 5) is 75.1. The molecule has 0 aliphatic carbocycles. The van der Waals surface area contributed by atoms with E-state index in [0.717, 1.165) is 5.56 Å². The molecule has 0 unspecified atom stereocenters. The zero-order valence-electron chi connectivity index (χ0n) is 29.9. The number of aliphatic imine (C=N–C) groups is 1. The van der Waals surface area contributed by atoms with Gasteiger partial charge in [0.05, 0.1) is 24.1 Å². The molecular weight excluding hydrogens is 670 g/mol. The van der Waals surface area contributed by atoms with Crippen molar-refractivity contribution >= 4 is 41.1 Å². The second kappa shape index (κ2) is 21.3. The first-order valence-corrected chi connectivity index (χ1v) is 17.7. The number of hydrogen-bond donors (Lipinski definition) is 8. The van der Waals surface area contributed by atoms with Gasteiger partial charge in [0.25, 0.3) is 5.91 Å². The molecule has 0 fully saturated rings. The molecule has 1 aromatic carbocycles. The van der Waals surface area contributed by atoms with Gasteiger partial charge in [-0.1, -0.05) is 26.0 Å². The van der Waals surface area contributed by atoms with E-state index in [4.69, 9.17) is 22.0 Å². The van der Waals surface area contributed by atoms with Crippen molar-refractivity contribution in [2.45, 2.75) is 77.7 Å². The normalized spacial score (nSPS) is 18.2. The van der Waals surface area contributed by atoms with E-state index >= 15 is 0 Å². The van der Waals surface area contributed by atoms with Crippen LogP contribution in [0.5, 0.6) is 5.75 Å². The highest BCUT2D eigenvalue weighted by atomic mass is 16.5. The van der Waals surface area contributed by atoms with Gasteiger partial charge in [-0.2, -0.15) is 0 Å². The van der Waals surface area contributed by atoms with Crippen molar-refractivity contribution in [1.29, 1.82) is 0 Å². The van der Waals surface area contributed by atoms with E-state index in [9.17, 15) is 29.2 Å². The number of nitrogens with one attached hydrogen (secondary N) is 4. The first-order chi connectivity index (χ1) is 24.9. The van der Waals surface area contributed by atoms with Gasteiger partial charge in [0, 0.05) is 44.0 Å². The quantitative estimate of drug-likeness (QED) is 0.0290. The van der Waals surface area contributed by atoms with E-state index in [2.05, 4.69) is 26.0 Å². The smallest absolute Gasteiger partial charge is 0.252 e. The highest BCUT2D eigenvalue weighted by Crippen LogP contribution is 2.27. The number of anilines is 1. The van der Waals surface area contributed by atoms with Crippen molar-refractivity contribution in [2.24, 2.45) is 46.0 Å². The molecule has 2 aliphatic rings. The predicted octanol–water partition coefficient (Wildman–Crippen LogP) is 1.76. The molecule has 0 radical (unpaired) electrons. The maximum Gasteiger partial charge on any atom is 0.252 e. The molecule has 16 heteroatoms. The lowest BCUT2D eigenvalue weighted by Crippen LogP contribution is -2.49. The number of Topliss-reactive ketones (excluding diaryl/α,β-unsaturated/α-hetero) is 2. The first kappa shape index (κ1) is 41.3. The van der Waals surface area contributed by atoms with Crippen molar-refractivity contribution in [3.63, 3.8) is 0 Å². The number of nitrogens with zero attached hydrogens (tertiary/aromatic N) is 2. The molecule has 3 amide bonds. The van der Waals surface area contributed by atoms with Crippen LogP contribution in [-0.2, 0) is 25.6 Å². The van der Waals surface area contributed by atoms with Crippen LogP contribution in [0.2, 0.25) is 0 Å². The van der Waals surface area contributed by atoms with E-state index in [-0.39, 0.29) is 68.1 Å². The minimum atomic E-state index is -1.00. The third-order valence-corrected chi connectivity index (χ3v) is 8.96. The fourth-order valence-electron chi connectivity index (χ4n) is 6.23. The number of guanidine groups is 1. The van der Waals surface area contributed by atoms with Gasteiger partial charge in [0.1, 0.15) is 17.4 Å². The number of pyridine rings is 1. The van der Waals surface area contributed by atoms with Crippen LogP contribution < -0.4 is 43.6 Å². The van der Waals surface area contributed by atoms with Crippen molar-refractivity contribution < 1.29 is 33.9 Å². The number of nitrogens with two attached hydrogens (primary N) is 3. The number of ether oxygens (including phenoxy) is 1. The molecule has 52 heavy (non-hydrogen) atoms. The van der Waals surface area contributed by atoms with Gasteiger partial charge in [0.2, 0.25) is 11.8 Å². The summed E-state index contributed by atoms with van der Waals surface area (Å²) in [6.45, 7) is 4.65. The van der Waals surface area contributed by atoms with Crippen LogP contribution >= 0.6 is 0 Å². The number of fused-ring (bicyclic) bond motifs is 11. The predicted molar refractivity (Wildman–Crippen MR) is 195 cm³/mol. The molecule has 11 N–H and O–H groups in total. The Balaban J connectivity index is 1.79. The Morgan fingerprint density at radius 2 is 1.85 bits per heavy atom. The number of hydrogen-bond acceptors (Lipinski definition) is 11. The van der Waals surface area contributed by atoms with Gasteiger partial charge in [-0.15, -0.1) is 0 Å². The van der Waals surface area contributed by atoms with Crippen LogP contribution in [0.3, 0.4) is 0 Å². The lowest BCUT2D eigenvalue weighted by molar-refractivity contribution is -0.142. The van der Waals surface area contributed by atoms with Crippen molar-refractivity contribution in [3.8, 4) is 5.75 Å². The number of rotatable bonds is 17. The average Bonchev–Trinajstić information content (AvgIpc) is 3.13. The lowest BCUT2D eigenvalue weighted by atomic mass is 9.81. The number of ketones is 2. The van der Waals surface area contributed by atoms with E-state index in [1.165, 1.54) is 6.20 Å². The maximum atomic E-state index is 14.1. The summed E-state index contributed by atoms with van der Waals surface area (Å²) < 4.78 is 5.85. The monoisotopic (exact) mass is 723 g/mol. The number of hydrazine groups is 1. The number of amides is 3. The fourth-order valence-corrected chi connectivity index (χ4v) is 6.23. The topological polar surface area (TPSA) is 266 Å². The van der Waals surface area contributed by atoms with Gasteiger partial charge in [-0.25, -0.2) is 16.3 Å². The second-order valence-corrected chi connectivity index (χ2v) is 13.4. The van der Waals surface area contributed by atoms with Gasteiger partial charge in [-0.3, -0.25) is 34.2 Å². The summed E-state index contributed by atoms with van der Waals surface area (Å²) in [6.07, 6.45) is 3.63. The molecule has 3 heterocycles. The Labute approximate surface area is 304 Å². The molecule has 2 aliphatic heterocycles. The third kappa shape index (κ3) is 13.6. The summed E-state index contributed by atoms with van der Waals surface area (Å²) in [7, 11) is 0. The average molecular weight is 724 g/mol. The number of aromatic nitrogens is 1. The molecule has 0 saturated heterocycles. The molecular formula is C36H53N9O7. The molecule has 0 spiro atoms. The Morgan fingerprint density at radius 1 is 1.10 bits per heavy atom. The van der Waals surface area contributed by atoms with Gasteiger partial charge >= 0.3 is 0 Å². The van der Waals surface area contributed by atoms with Crippen LogP contribution in [-0.4, -0.2) is 71.2 Å². The van der Waals surface area contributed by atoms with Crippen LogP contribution in [0.15, 0.2) is 47.6 Å². The van der Waals surface area contributed by atoms with Gasteiger partial charge in [-0.05, 0) is 80.7 Å². The molecule has 1 aromatic heterocycles. The third-order valence-electron chi connectivity index (χ3n) is 8.96. The van der Waals surface area contributed by atoms with E-state index in [1.54, 1.807) is 29.7 Å². The minimum absolute atomic E-state index is 0.0310. The SMILES string of the molecule is CC(C)C[C@H]1C(=O)N[C@H](C(=O)C[C@@H](CCCN=C(N)N)C(=O)CCCNC(=O)c2ccc(NN)nc2)Cc2ccc(cc2)OCCC[C@@H]1C(=O)NO. The number of hydroxylamine groups is 1. The molecule has 0 saturated carbocycles. The summed E-state index contributed by atoms with van der Waals surface area (Å²) in [5.41, 5.74) is 16.2. The summed E-state index contributed by atoms with van der Waals surface area (Å²) >= 11 is 0. The number of nitrogen functional groups attached to an aromatic ring is 1. The highest BCUT2D eigenvalue weighted by molar-refractivity contribution is 5.95. The Hall–Kier alpha value is -5.09. The molecule has 2 bridgehead atoms. The number of carbonyl (C=O) groups is 5. The number of carbonyl (C=O) groups excluding carboxylic acids is 5. The van der Waals surface area contributed by atoms with Gasteiger partial charge < -0.3 is 32.3 Å². The van der Waals surface area contributed by atoms with Gasteiger partial charge in [0.15, 0.2) is 11.7 Å². The fraction of sp³-hybridized carbons (Fsp3) is 0.528. The van der Waals surface area contributed by atoms with Crippen LogP contribution in [0.4, 0.5) is 5.82 Å². The molecule has 2 aromatic rings. The summed E-state index contributed by atoms with van der Waals surface area (Å²) in [6, 6.07) is 9.34. The molecule has 16 nitrogen and oxygen atoms in total. The second-order valence-electron chi connectivity index (χ2n) is 13.4. The highest BCUT2D eigenvalue weighted by Gasteiger charge is 2.36. The summed E-state index contributed by atoms with van der Waals surface area (Å²) in [5.74, 6) is 1.89. The van der Waals surface area contributed by atoms with Crippen LogP contribution in [0.1, 0.15) is 81.1 Å². The zero-order valence-corrected chi connectivity index (χ0v) is 29.9. The van der Waals surface area contributed by atoms with Crippen LogP contribution in [0.25, 0.3) is 0 Å². The van der Waals surface area contributed by atoms with E-state index < -0.39 is 35.6 Å². The molecule has 4 atom stereocenters. The van der Waals surface area contributed by atoms with Crippen LogP contribution in [0, 0.1) is 23.7 Å². The standard InChI is InChI=1S/C36H53N9O7/c1-22(2)18-28-27(35(50)45-51)7-5-17-52-26-12-9-23(10-13-26)19-29(43-34(28)49)31(47)20-24(6-3-16-41-36(37)38)30(46)8-4-15-40-33(48)25-11-14-32(44-39)42-21-25/h9-14,21-22,24,27-29,51H,3-8,15-20,39H2,1-2H3,(H,40,48)(H,42,44)(H,43,49)(H,45,50)(H4,37,38,41)/t24-,27+,28-,29+/m1/s1. The first-order valence-electron chi connectivity index (χ1n) is 17.7. The molecule has 4 rings (SSSR count). The van der Waals surface area contributed by atoms with Crippen molar-refractivity contribution in [1.82, 2.24) is 21.1 Å². The largest absolute Gasteiger partial charge is 0.494 e. The van der Waals surface area contributed by atoms with Crippen molar-refractivity contribution in [3.05, 3.63) is 53.7 Å². The molecule has 284 valence electrons. The Bertz CT molecular complexity index is 1510. The van der Waals surface area contributed by atoms with E-state index in [1.807, 2.05) is 26.0 Å².